The van der Waals surface area contributed by atoms with Gasteiger partial charge in [-0.2, -0.15) is 8.78 Å². The lowest BCUT2D eigenvalue weighted by molar-refractivity contribution is 0.0997. The largest absolute Gasteiger partial charge is 0.497 e. The average Bonchev–Trinajstić information content (AvgIpc) is 2.98. The van der Waals surface area contributed by atoms with Gasteiger partial charge in [-0.05, 0) is 37.3 Å². The van der Waals surface area contributed by atoms with E-state index in [4.69, 9.17) is 9.15 Å². The SMILES string of the molecule is COc1ccc2oc(C(=O)Nc3ccccc3S(=O)(=O)C(F)F)c(C)c2c1. The first kappa shape index (κ1) is 18.8. The van der Waals surface area contributed by atoms with E-state index in [1.165, 1.54) is 25.3 Å². The van der Waals surface area contributed by atoms with Gasteiger partial charge in [0, 0.05) is 10.9 Å². The number of alkyl halides is 2. The second-order valence-electron chi connectivity index (χ2n) is 5.67. The van der Waals surface area contributed by atoms with E-state index in [0.717, 1.165) is 6.07 Å². The van der Waals surface area contributed by atoms with Gasteiger partial charge in [0.1, 0.15) is 11.3 Å². The van der Waals surface area contributed by atoms with Gasteiger partial charge >= 0.3 is 5.76 Å². The molecule has 3 aromatic rings. The molecule has 6 nitrogen and oxygen atoms in total. The molecule has 0 radical (unpaired) electrons. The Morgan fingerprint density at radius 3 is 2.56 bits per heavy atom. The summed E-state index contributed by atoms with van der Waals surface area (Å²) in [6, 6.07) is 9.95. The molecule has 0 fully saturated rings. The normalized spacial score (nSPS) is 11.7. The van der Waals surface area contributed by atoms with Crippen LogP contribution in [0.5, 0.6) is 5.75 Å². The molecule has 142 valence electrons. The van der Waals surface area contributed by atoms with Gasteiger partial charge in [0.15, 0.2) is 5.76 Å². The molecular formula is C18H15F2NO5S. The van der Waals surface area contributed by atoms with E-state index in [2.05, 4.69) is 5.32 Å². The molecule has 1 amide bonds. The van der Waals surface area contributed by atoms with Crippen LogP contribution in [0.4, 0.5) is 14.5 Å². The van der Waals surface area contributed by atoms with Crippen molar-refractivity contribution in [3.8, 4) is 5.75 Å². The zero-order chi connectivity index (χ0) is 19.8. The smallest absolute Gasteiger partial charge is 0.341 e. The van der Waals surface area contributed by atoms with Crippen molar-refractivity contribution in [2.75, 3.05) is 12.4 Å². The number of rotatable bonds is 5. The molecule has 0 saturated carbocycles. The van der Waals surface area contributed by atoms with Crippen LogP contribution in [0, 0.1) is 6.92 Å². The molecule has 1 N–H and O–H groups in total. The van der Waals surface area contributed by atoms with Crippen molar-refractivity contribution < 1.29 is 31.1 Å². The van der Waals surface area contributed by atoms with Gasteiger partial charge in [-0.15, -0.1) is 0 Å². The summed E-state index contributed by atoms with van der Waals surface area (Å²) < 4.78 is 60.1. The molecule has 1 heterocycles. The predicted octanol–water partition coefficient (Wildman–Crippen LogP) is 4.00. The highest BCUT2D eigenvalue weighted by molar-refractivity contribution is 7.91. The Morgan fingerprint density at radius 1 is 1.19 bits per heavy atom. The Morgan fingerprint density at radius 2 is 1.89 bits per heavy atom. The highest BCUT2D eigenvalue weighted by Crippen LogP contribution is 2.31. The van der Waals surface area contributed by atoms with Crippen LogP contribution in [-0.4, -0.2) is 27.2 Å². The maximum absolute atomic E-state index is 12.9. The first-order valence-corrected chi connectivity index (χ1v) is 9.30. The third-order valence-electron chi connectivity index (χ3n) is 4.03. The van der Waals surface area contributed by atoms with Crippen molar-refractivity contribution >= 4 is 32.4 Å². The lowest BCUT2D eigenvalue weighted by Crippen LogP contribution is -2.18. The van der Waals surface area contributed by atoms with Crippen LogP contribution in [-0.2, 0) is 9.84 Å². The van der Waals surface area contributed by atoms with Gasteiger partial charge in [0.05, 0.1) is 17.7 Å². The fourth-order valence-electron chi connectivity index (χ4n) is 2.64. The van der Waals surface area contributed by atoms with Gasteiger partial charge in [0.2, 0.25) is 9.84 Å². The minimum atomic E-state index is -4.87. The summed E-state index contributed by atoms with van der Waals surface area (Å²) in [5.74, 6) is -3.83. The molecule has 9 heteroatoms. The third-order valence-corrected chi connectivity index (χ3v) is 5.46. The number of sulfone groups is 1. The van der Waals surface area contributed by atoms with Crippen molar-refractivity contribution in [1.82, 2.24) is 0 Å². The van der Waals surface area contributed by atoms with Crippen molar-refractivity contribution in [3.63, 3.8) is 0 Å². The number of aryl methyl sites for hydroxylation is 1. The van der Waals surface area contributed by atoms with Crippen LogP contribution < -0.4 is 10.1 Å². The number of fused-ring (bicyclic) bond motifs is 1. The molecule has 0 atom stereocenters. The molecule has 0 saturated heterocycles. The monoisotopic (exact) mass is 395 g/mol. The fraction of sp³-hybridized carbons (Fsp3) is 0.167. The molecule has 0 aliphatic heterocycles. The number of carbonyl (C=O) groups is 1. The highest BCUT2D eigenvalue weighted by atomic mass is 32.2. The third kappa shape index (κ3) is 3.37. The molecule has 0 bridgehead atoms. The van der Waals surface area contributed by atoms with E-state index in [0.29, 0.717) is 22.3 Å². The lowest BCUT2D eigenvalue weighted by Gasteiger charge is -2.10. The maximum atomic E-state index is 12.9. The quantitative estimate of drug-likeness (QED) is 0.706. The van der Waals surface area contributed by atoms with E-state index in [-0.39, 0.29) is 11.4 Å². The molecule has 27 heavy (non-hydrogen) atoms. The van der Waals surface area contributed by atoms with Crippen molar-refractivity contribution in [1.29, 1.82) is 0 Å². The standard InChI is InChI=1S/C18H15F2NO5S/c1-10-12-9-11(25-2)7-8-14(12)26-16(10)17(22)21-13-5-3-4-6-15(13)27(23,24)18(19)20/h3-9,18H,1-2H3,(H,21,22). The van der Waals surface area contributed by atoms with E-state index in [1.54, 1.807) is 25.1 Å². The van der Waals surface area contributed by atoms with Crippen LogP contribution >= 0.6 is 0 Å². The van der Waals surface area contributed by atoms with Gasteiger partial charge in [-0.1, -0.05) is 12.1 Å². The van der Waals surface area contributed by atoms with E-state index < -0.39 is 26.4 Å². The summed E-state index contributed by atoms with van der Waals surface area (Å²) in [7, 11) is -3.37. The number of hydrogen-bond donors (Lipinski definition) is 1. The zero-order valence-electron chi connectivity index (χ0n) is 14.3. The fourth-order valence-corrected chi connectivity index (χ4v) is 3.52. The summed E-state index contributed by atoms with van der Waals surface area (Å²) in [5, 5.41) is 2.99. The number of halogens is 2. The number of furan rings is 1. The molecule has 0 aliphatic carbocycles. The maximum Gasteiger partial charge on any atom is 0.341 e. The minimum absolute atomic E-state index is 0.0532. The highest BCUT2D eigenvalue weighted by Gasteiger charge is 2.30. The average molecular weight is 395 g/mol. The molecule has 0 spiro atoms. The van der Waals surface area contributed by atoms with Gasteiger partial charge < -0.3 is 14.5 Å². The second-order valence-corrected chi connectivity index (χ2v) is 7.56. The summed E-state index contributed by atoms with van der Waals surface area (Å²) in [6.07, 6.45) is 0. The Kier molecular flexibility index (Phi) is 4.88. The summed E-state index contributed by atoms with van der Waals surface area (Å²) in [4.78, 5) is 11.9. The number of amides is 1. The number of hydrogen-bond acceptors (Lipinski definition) is 5. The van der Waals surface area contributed by atoms with E-state index in [1.807, 2.05) is 0 Å². The molecule has 0 unspecified atom stereocenters. The molecule has 2 aromatic carbocycles. The van der Waals surface area contributed by atoms with Gasteiger partial charge in [-0.3, -0.25) is 4.79 Å². The second kappa shape index (κ2) is 6.99. The molecular weight excluding hydrogens is 380 g/mol. The summed E-state index contributed by atoms with van der Waals surface area (Å²) >= 11 is 0. The van der Waals surface area contributed by atoms with Crippen LogP contribution in [0.2, 0.25) is 0 Å². The van der Waals surface area contributed by atoms with Crippen LogP contribution in [0.1, 0.15) is 16.1 Å². The number of carbonyl (C=O) groups excluding carboxylic acids is 1. The topological polar surface area (TPSA) is 85.6 Å². The lowest BCUT2D eigenvalue weighted by atomic mass is 10.1. The van der Waals surface area contributed by atoms with Crippen LogP contribution in [0.25, 0.3) is 11.0 Å². The number of nitrogens with one attached hydrogen (secondary N) is 1. The number of anilines is 1. The molecule has 3 rings (SSSR count). The Hall–Kier alpha value is -2.94. The first-order chi connectivity index (χ1) is 12.8. The Labute approximate surface area is 153 Å². The predicted molar refractivity (Wildman–Crippen MR) is 95.1 cm³/mol. The summed E-state index contributed by atoms with van der Waals surface area (Å²) in [5.41, 5.74) is 0.697. The van der Waals surface area contributed by atoms with E-state index >= 15 is 0 Å². The number of ether oxygens (including phenoxy) is 1. The van der Waals surface area contributed by atoms with E-state index in [9.17, 15) is 22.0 Å². The van der Waals surface area contributed by atoms with Crippen molar-refractivity contribution in [3.05, 3.63) is 53.8 Å². The Bertz CT molecular complexity index is 1120. The summed E-state index contributed by atoms with van der Waals surface area (Å²) in [6.45, 7) is 1.65. The minimum Gasteiger partial charge on any atom is -0.497 e. The molecule has 1 aromatic heterocycles. The number of methoxy groups -OCH3 is 1. The number of benzene rings is 2. The molecule has 0 aliphatic rings. The van der Waals surface area contributed by atoms with Crippen molar-refractivity contribution in [2.24, 2.45) is 0 Å². The van der Waals surface area contributed by atoms with Crippen LogP contribution in [0.3, 0.4) is 0 Å². The Balaban J connectivity index is 2.00. The zero-order valence-corrected chi connectivity index (χ0v) is 15.1. The number of para-hydroxylation sites is 1. The van der Waals surface area contributed by atoms with Crippen molar-refractivity contribution in [2.45, 2.75) is 17.6 Å². The van der Waals surface area contributed by atoms with Gasteiger partial charge in [-0.25, -0.2) is 8.42 Å². The van der Waals surface area contributed by atoms with Gasteiger partial charge in [0.25, 0.3) is 5.91 Å². The first-order valence-electron chi connectivity index (χ1n) is 7.75. The van der Waals surface area contributed by atoms with Crippen LogP contribution in [0.15, 0.2) is 51.8 Å².